The number of rotatable bonds is 6. The van der Waals surface area contributed by atoms with Gasteiger partial charge in [-0.05, 0) is 18.8 Å². The summed E-state index contributed by atoms with van der Waals surface area (Å²) in [6, 6.07) is 0. The zero-order valence-corrected chi connectivity index (χ0v) is 11.9. The molecule has 8 nitrogen and oxygen atoms in total. The summed E-state index contributed by atoms with van der Waals surface area (Å²) in [4.78, 5) is 0. The Morgan fingerprint density at radius 3 is 2.50 bits per heavy atom. The number of nitrogens with zero attached hydrogens (tertiary/aromatic N) is 1. The van der Waals surface area contributed by atoms with Crippen LogP contribution in [0.3, 0.4) is 0 Å². The van der Waals surface area contributed by atoms with Crippen LogP contribution in [-0.4, -0.2) is 47.3 Å². The molecule has 1 atom stereocenters. The number of nitrogens with two attached hydrogens (primary N) is 1. The summed E-state index contributed by atoms with van der Waals surface area (Å²) in [6.45, 7) is 2.97. The van der Waals surface area contributed by atoms with Crippen molar-refractivity contribution in [2.45, 2.75) is 19.8 Å². The van der Waals surface area contributed by atoms with Crippen LogP contribution in [0.2, 0.25) is 0 Å². The Balaban J connectivity index is 2.56. The van der Waals surface area contributed by atoms with E-state index in [-0.39, 0.29) is 12.5 Å². The van der Waals surface area contributed by atoms with Crippen molar-refractivity contribution in [3.63, 3.8) is 0 Å². The van der Waals surface area contributed by atoms with Crippen molar-refractivity contribution < 1.29 is 16.8 Å². The average Bonchev–Trinajstić information content (AvgIpc) is 2.26. The molecule has 4 N–H and O–H groups in total. The van der Waals surface area contributed by atoms with E-state index in [9.17, 15) is 16.8 Å². The molecular formula is C8H20N4O4S2. The highest BCUT2D eigenvalue weighted by molar-refractivity contribution is 7.87. The second-order valence-electron chi connectivity index (χ2n) is 4.26. The molecule has 0 aromatic heterocycles. The van der Waals surface area contributed by atoms with E-state index in [4.69, 9.17) is 5.14 Å². The minimum Gasteiger partial charge on any atom is -0.216 e. The van der Waals surface area contributed by atoms with E-state index in [1.807, 2.05) is 0 Å². The molecule has 1 rings (SSSR count). The van der Waals surface area contributed by atoms with Crippen molar-refractivity contribution in [3.05, 3.63) is 0 Å². The van der Waals surface area contributed by atoms with Crippen molar-refractivity contribution in [1.82, 2.24) is 13.7 Å². The maximum Gasteiger partial charge on any atom is 0.279 e. The maximum atomic E-state index is 11.8. The smallest absolute Gasteiger partial charge is 0.216 e. The third kappa shape index (κ3) is 5.16. The van der Waals surface area contributed by atoms with Gasteiger partial charge in [-0.3, -0.25) is 0 Å². The first kappa shape index (κ1) is 15.8. The molecule has 1 unspecified atom stereocenters. The lowest BCUT2D eigenvalue weighted by Gasteiger charge is -2.31. The van der Waals surface area contributed by atoms with Gasteiger partial charge < -0.3 is 0 Å². The Kier molecular flexibility index (Phi) is 5.49. The third-order valence-corrected chi connectivity index (χ3v) is 4.96. The lowest BCUT2D eigenvalue weighted by atomic mass is 10.0. The van der Waals surface area contributed by atoms with Gasteiger partial charge in [0, 0.05) is 26.2 Å². The zero-order valence-electron chi connectivity index (χ0n) is 10.3. The van der Waals surface area contributed by atoms with E-state index < -0.39 is 20.4 Å². The molecular weight excluding hydrogens is 280 g/mol. The molecule has 18 heavy (non-hydrogen) atoms. The Labute approximate surface area is 108 Å². The van der Waals surface area contributed by atoms with Gasteiger partial charge in [0.1, 0.15) is 0 Å². The molecule has 108 valence electrons. The largest absolute Gasteiger partial charge is 0.279 e. The van der Waals surface area contributed by atoms with E-state index in [1.54, 1.807) is 6.92 Å². The van der Waals surface area contributed by atoms with Crippen molar-refractivity contribution in [3.8, 4) is 0 Å². The Bertz CT molecular complexity index is 461. The molecule has 1 heterocycles. The van der Waals surface area contributed by atoms with Crippen LogP contribution in [0.25, 0.3) is 0 Å². The van der Waals surface area contributed by atoms with Gasteiger partial charge in [0.05, 0.1) is 0 Å². The van der Waals surface area contributed by atoms with Gasteiger partial charge >= 0.3 is 0 Å². The number of hydrogen-bond donors (Lipinski definition) is 3. The maximum absolute atomic E-state index is 11.8. The molecule has 1 aliphatic rings. The molecule has 0 saturated carbocycles. The molecule has 0 aromatic rings. The summed E-state index contributed by atoms with van der Waals surface area (Å²) >= 11 is 0. The van der Waals surface area contributed by atoms with Gasteiger partial charge in [0.25, 0.3) is 20.4 Å². The summed E-state index contributed by atoms with van der Waals surface area (Å²) in [5.74, 6) is -0.0505. The summed E-state index contributed by atoms with van der Waals surface area (Å²) in [7, 11) is -7.17. The number of nitrogens with one attached hydrogen (secondary N) is 2. The highest BCUT2D eigenvalue weighted by Crippen LogP contribution is 2.17. The first-order chi connectivity index (χ1) is 8.24. The van der Waals surface area contributed by atoms with Crippen LogP contribution in [0.1, 0.15) is 19.8 Å². The molecule has 1 saturated heterocycles. The minimum absolute atomic E-state index is 0.0505. The molecule has 0 amide bonds. The highest BCUT2D eigenvalue weighted by atomic mass is 32.2. The Morgan fingerprint density at radius 1 is 1.28 bits per heavy atom. The van der Waals surface area contributed by atoms with Crippen molar-refractivity contribution >= 4 is 20.4 Å². The first-order valence-corrected chi connectivity index (χ1v) is 8.75. The first-order valence-electron chi connectivity index (χ1n) is 5.76. The van der Waals surface area contributed by atoms with Crippen molar-refractivity contribution in [1.29, 1.82) is 0 Å². The molecule has 10 heteroatoms. The monoisotopic (exact) mass is 300 g/mol. The molecule has 0 aliphatic carbocycles. The molecule has 0 aromatic carbocycles. The lowest BCUT2D eigenvalue weighted by Crippen LogP contribution is -2.48. The van der Waals surface area contributed by atoms with Crippen LogP contribution in [0.4, 0.5) is 0 Å². The fourth-order valence-electron chi connectivity index (χ4n) is 1.92. The quantitative estimate of drug-likeness (QED) is 0.544. The topological polar surface area (TPSA) is 122 Å². The summed E-state index contributed by atoms with van der Waals surface area (Å²) in [5.41, 5.74) is 0. The van der Waals surface area contributed by atoms with Crippen LogP contribution in [-0.2, 0) is 20.4 Å². The van der Waals surface area contributed by atoms with E-state index in [1.165, 1.54) is 4.31 Å². The van der Waals surface area contributed by atoms with Gasteiger partial charge in [0.15, 0.2) is 0 Å². The van der Waals surface area contributed by atoms with Crippen LogP contribution < -0.4 is 14.6 Å². The SMILES string of the molecule is CCNS(=O)(=O)N1CCCC(CNS(N)(=O)=O)C1. The third-order valence-electron chi connectivity index (χ3n) is 2.72. The number of hydrogen-bond acceptors (Lipinski definition) is 4. The van der Waals surface area contributed by atoms with E-state index >= 15 is 0 Å². The normalized spacial score (nSPS) is 23.1. The predicted molar refractivity (Wildman–Crippen MR) is 68.0 cm³/mol. The highest BCUT2D eigenvalue weighted by Gasteiger charge is 2.28. The molecule has 1 fully saturated rings. The number of piperidine rings is 1. The minimum atomic E-state index is -3.72. The van der Waals surface area contributed by atoms with Crippen molar-refractivity contribution in [2.24, 2.45) is 11.1 Å². The molecule has 1 aliphatic heterocycles. The van der Waals surface area contributed by atoms with Gasteiger partial charge in [-0.25, -0.2) is 14.6 Å². The van der Waals surface area contributed by atoms with Gasteiger partial charge in [0.2, 0.25) is 0 Å². The van der Waals surface area contributed by atoms with Crippen LogP contribution in [0.5, 0.6) is 0 Å². The average molecular weight is 300 g/mol. The summed E-state index contributed by atoms with van der Waals surface area (Å²) in [6.07, 6.45) is 1.49. The second kappa shape index (κ2) is 6.26. The van der Waals surface area contributed by atoms with E-state index in [0.717, 1.165) is 6.42 Å². The second-order valence-corrected chi connectivity index (χ2v) is 7.40. The molecule has 0 radical (unpaired) electrons. The van der Waals surface area contributed by atoms with Gasteiger partial charge in [-0.2, -0.15) is 21.1 Å². The van der Waals surface area contributed by atoms with Gasteiger partial charge in [-0.15, -0.1) is 0 Å². The summed E-state index contributed by atoms with van der Waals surface area (Å²) < 4.78 is 51.1. The zero-order chi connectivity index (χ0) is 13.8. The fraction of sp³-hybridized carbons (Fsp3) is 1.00. The standard InChI is InChI=1S/C8H20N4O4S2/c1-2-10-18(15,16)12-5-3-4-8(7-12)6-11-17(9,13)14/h8,10-11H,2-7H2,1H3,(H2,9,13,14). The van der Waals surface area contributed by atoms with Crippen LogP contribution >= 0.6 is 0 Å². The van der Waals surface area contributed by atoms with Crippen molar-refractivity contribution in [2.75, 3.05) is 26.2 Å². The molecule has 0 spiro atoms. The van der Waals surface area contributed by atoms with E-state index in [0.29, 0.717) is 26.1 Å². The van der Waals surface area contributed by atoms with Crippen LogP contribution in [0, 0.1) is 5.92 Å². The molecule has 0 bridgehead atoms. The fourth-order valence-corrected chi connectivity index (χ4v) is 3.71. The Morgan fingerprint density at radius 2 is 1.94 bits per heavy atom. The van der Waals surface area contributed by atoms with E-state index in [2.05, 4.69) is 9.44 Å². The van der Waals surface area contributed by atoms with Gasteiger partial charge in [-0.1, -0.05) is 6.92 Å². The predicted octanol–water partition coefficient (Wildman–Crippen LogP) is -1.65. The van der Waals surface area contributed by atoms with Crippen LogP contribution in [0.15, 0.2) is 0 Å². The lowest BCUT2D eigenvalue weighted by molar-refractivity contribution is 0.265. The Hall–Kier alpha value is -0.260. The summed E-state index contributed by atoms with van der Waals surface area (Å²) in [5, 5.41) is 4.84.